The summed E-state index contributed by atoms with van der Waals surface area (Å²) in [5.41, 5.74) is 0.940. The van der Waals surface area contributed by atoms with E-state index in [1.165, 1.54) is 0 Å². The maximum atomic E-state index is 6.13. The number of nitrogens with zero attached hydrogens (tertiary/aromatic N) is 2. The van der Waals surface area contributed by atoms with E-state index in [1.807, 2.05) is 22.7 Å². The maximum Gasteiger partial charge on any atom is 0.155 e. The first-order chi connectivity index (χ1) is 8.28. The summed E-state index contributed by atoms with van der Waals surface area (Å²) in [5.74, 6) is 2.50. The molecule has 0 spiro atoms. The van der Waals surface area contributed by atoms with E-state index in [1.54, 1.807) is 7.11 Å². The summed E-state index contributed by atoms with van der Waals surface area (Å²) in [6.07, 6.45) is 2.89. The number of methoxy groups -OCH3 is 1. The second-order valence-electron chi connectivity index (χ2n) is 4.37. The molecule has 1 fully saturated rings. The predicted molar refractivity (Wildman–Crippen MR) is 66.8 cm³/mol. The standard InChI is InChI=1S/C12H14ClN3O/c1-17-9-2-3-10-12(13)15-11(16(10)7-9)4-8-5-14-6-8/h2-3,7-8,14H,4-6H2,1H3. The Balaban J connectivity index is 2.03. The van der Waals surface area contributed by atoms with Crippen molar-refractivity contribution in [3.05, 3.63) is 29.3 Å². The molecular formula is C12H14ClN3O. The van der Waals surface area contributed by atoms with Gasteiger partial charge in [0.05, 0.1) is 18.8 Å². The Labute approximate surface area is 105 Å². The van der Waals surface area contributed by atoms with Gasteiger partial charge in [0, 0.05) is 6.42 Å². The predicted octanol–water partition coefficient (Wildman–Crippen LogP) is 1.76. The number of pyridine rings is 1. The molecule has 0 atom stereocenters. The fourth-order valence-electron chi connectivity index (χ4n) is 2.10. The van der Waals surface area contributed by atoms with E-state index in [2.05, 4.69) is 10.3 Å². The van der Waals surface area contributed by atoms with Crippen molar-refractivity contribution in [3.8, 4) is 5.75 Å². The normalized spacial score (nSPS) is 16.1. The lowest BCUT2D eigenvalue weighted by Crippen LogP contribution is -2.43. The van der Waals surface area contributed by atoms with Gasteiger partial charge in [-0.25, -0.2) is 4.98 Å². The maximum absolute atomic E-state index is 6.13. The van der Waals surface area contributed by atoms with Crippen LogP contribution >= 0.6 is 11.6 Å². The molecule has 3 rings (SSSR count). The smallest absolute Gasteiger partial charge is 0.155 e. The van der Waals surface area contributed by atoms with Gasteiger partial charge in [-0.05, 0) is 31.1 Å². The molecule has 2 aromatic rings. The summed E-state index contributed by atoms with van der Waals surface area (Å²) in [5, 5.41) is 3.83. The number of nitrogens with one attached hydrogen (secondary N) is 1. The fourth-order valence-corrected chi connectivity index (χ4v) is 2.35. The van der Waals surface area contributed by atoms with E-state index in [-0.39, 0.29) is 0 Å². The van der Waals surface area contributed by atoms with E-state index in [0.717, 1.165) is 36.6 Å². The van der Waals surface area contributed by atoms with E-state index >= 15 is 0 Å². The molecule has 17 heavy (non-hydrogen) atoms. The van der Waals surface area contributed by atoms with Crippen molar-refractivity contribution in [2.24, 2.45) is 5.92 Å². The lowest BCUT2D eigenvalue weighted by Gasteiger charge is -2.26. The van der Waals surface area contributed by atoms with Crippen molar-refractivity contribution in [1.82, 2.24) is 14.7 Å². The van der Waals surface area contributed by atoms with Crippen LogP contribution in [0.4, 0.5) is 0 Å². The van der Waals surface area contributed by atoms with Crippen molar-refractivity contribution in [3.63, 3.8) is 0 Å². The van der Waals surface area contributed by atoms with Gasteiger partial charge in [-0.15, -0.1) is 0 Å². The number of rotatable bonds is 3. The third kappa shape index (κ3) is 1.87. The van der Waals surface area contributed by atoms with Gasteiger partial charge in [0.15, 0.2) is 5.15 Å². The minimum atomic E-state index is 0.565. The summed E-state index contributed by atoms with van der Waals surface area (Å²) in [4.78, 5) is 4.43. The number of halogens is 1. The highest BCUT2D eigenvalue weighted by atomic mass is 35.5. The molecule has 1 saturated heterocycles. The molecule has 0 unspecified atom stereocenters. The van der Waals surface area contributed by atoms with Gasteiger partial charge in [-0.2, -0.15) is 0 Å². The summed E-state index contributed by atoms with van der Waals surface area (Å²) in [7, 11) is 1.66. The number of hydrogen-bond acceptors (Lipinski definition) is 3. The Bertz CT molecular complexity index is 548. The largest absolute Gasteiger partial charge is 0.495 e. The quantitative estimate of drug-likeness (QED) is 0.904. The number of hydrogen-bond donors (Lipinski definition) is 1. The molecule has 4 nitrogen and oxygen atoms in total. The first-order valence-corrected chi connectivity index (χ1v) is 6.07. The zero-order valence-corrected chi connectivity index (χ0v) is 10.4. The molecule has 90 valence electrons. The summed E-state index contributed by atoms with van der Waals surface area (Å²) in [6, 6.07) is 3.84. The molecule has 0 amide bonds. The molecular weight excluding hydrogens is 238 g/mol. The van der Waals surface area contributed by atoms with Gasteiger partial charge in [0.2, 0.25) is 0 Å². The van der Waals surface area contributed by atoms with Gasteiger partial charge >= 0.3 is 0 Å². The van der Waals surface area contributed by atoms with Gasteiger partial charge < -0.3 is 10.1 Å². The second-order valence-corrected chi connectivity index (χ2v) is 4.73. The van der Waals surface area contributed by atoms with Crippen LogP contribution in [-0.4, -0.2) is 29.6 Å². The van der Waals surface area contributed by atoms with E-state index in [9.17, 15) is 0 Å². The fraction of sp³-hybridized carbons (Fsp3) is 0.417. The van der Waals surface area contributed by atoms with Gasteiger partial charge in [-0.3, -0.25) is 4.40 Å². The summed E-state index contributed by atoms with van der Waals surface area (Å²) < 4.78 is 7.26. The lowest BCUT2D eigenvalue weighted by atomic mass is 9.99. The molecule has 1 aliphatic heterocycles. The molecule has 0 bridgehead atoms. The number of fused-ring (bicyclic) bond motifs is 1. The van der Waals surface area contributed by atoms with Crippen molar-refractivity contribution >= 4 is 17.1 Å². The third-order valence-corrected chi connectivity index (χ3v) is 3.49. The van der Waals surface area contributed by atoms with Gasteiger partial charge in [0.25, 0.3) is 0 Å². The highest BCUT2D eigenvalue weighted by Gasteiger charge is 2.20. The van der Waals surface area contributed by atoms with Crippen molar-refractivity contribution in [1.29, 1.82) is 0 Å². The Morgan fingerprint density at radius 3 is 3.00 bits per heavy atom. The minimum Gasteiger partial charge on any atom is -0.495 e. The Hall–Kier alpha value is -1.26. The summed E-state index contributed by atoms with van der Waals surface area (Å²) in [6.45, 7) is 2.13. The number of aromatic nitrogens is 2. The van der Waals surface area contributed by atoms with Crippen LogP contribution in [-0.2, 0) is 6.42 Å². The van der Waals surface area contributed by atoms with E-state index in [4.69, 9.17) is 16.3 Å². The molecule has 2 aromatic heterocycles. The monoisotopic (exact) mass is 251 g/mol. The molecule has 0 radical (unpaired) electrons. The minimum absolute atomic E-state index is 0.565. The van der Waals surface area contributed by atoms with Gasteiger partial charge in [0.1, 0.15) is 11.6 Å². The Kier molecular flexibility index (Phi) is 2.68. The number of ether oxygens (including phenoxy) is 1. The van der Waals surface area contributed by atoms with Crippen LogP contribution in [0.2, 0.25) is 5.15 Å². The molecule has 1 N–H and O–H groups in total. The van der Waals surface area contributed by atoms with Crippen molar-refractivity contribution in [2.45, 2.75) is 6.42 Å². The molecule has 0 saturated carbocycles. The van der Waals surface area contributed by atoms with Crippen LogP contribution in [0.3, 0.4) is 0 Å². The average molecular weight is 252 g/mol. The molecule has 0 aromatic carbocycles. The Morgan fingerprint density at radius 1 is 1.53 bits per heavy atom. The van der Waals surface area contributed by atoms with Crippen LogP contribution in [0.25, 0.3) is 5.52 Å². The molecule has 5 heteroatoms. The first-order valence-electron chi connectivity index (χ1n) is 5.69. The summed E-state index contributed by atoms with van der Waals surface area (Å²) >= 11 is 6.13. The highest BCUT2D eigenvalue weighted by molar-refractivity contribution is 6.32. The van der Waals surface area contributed by atoms with E-state index in [0.29, 0.717) is 11.1 Å². The zero-order valence-electron chi connectivity index (χ0n) is 9.61. The van der Waals surface area contributed by atoms with Crippen LogP contribution < -0.4 is 10.1 Å². The average Bonchev–Trinajstić information content (AvgIpc) is 2.60. The highest BCUT2D eigenvalue weighted by Crippen LogP contribution is 2.23. The zero-order chi connectivity index (χ0) is 11.8. The van der Waals surface area contributed by atoms with Crippen LogP contribution in [0.15, 0.2) is 18.3 Å². The number of imidazole rings is 1. The van der Waals surface area contributed by atoms with Crippen LogP contribution in [0.1, 0.15) is 5.82 Å². The second kappa shape index (κ2) is 4.20. The van der Waals surface area contributed by atoms with Gasteiger partial charge in [-0.1, -0.05) is 11.6 Å². The SMILES string of the molecule is COc1ccc2c(Cl)nc(CC3CNC3)n2c1. The molecule has 3 heterocycles. The third-order valence-electron chi connectivity index (χ3n) is 3.21. The topological polar surface area (TPSA) is 38.6 Å². The van der Waals surface area contributed by atoms with Crippen molar-refractivity contribution < 1.29 is 4.74 Å². The van der Waals surface area contributed by atoms with Crippen molar-refractivity contribution in [2.75, 3.05) is 20.2 Å². The molecule has 1 aliphatic rings. The van der Waals surface area contributed by atoms with E-state index < -0.39 is 0 Å². The first kappa shape index (κ1) is 10.9. The Morgan fingerprint density at radius 2 is 2.35 bits per heavy atom. The van der Waals surface area contributed by atoms with Crippen LogP contribution in [0, 0.1) is 5.92 Å². The molecule has 0 aliphatic carbocycles. The lowest BCUT2D eigenvalue weighted by molar-refractivity contribution is 0.340. The van der Waals surface area contributed by atoms with Crippen LogP contribution in [0.5, 0.6) is 5.75 Å².